The SMILES string of the molecule is O=C(c1nc2c(C(F)(F)F)cc(-c3cccnc3)cn2c1Cl)N1CCN(C2CCCC2)C(=O)C1. The molecule has 0 aromatic carbocycles. The second-order valence-electron chi connectivity index (χ2n) is 8.58. The highest BCUT2D eigenvalue weighted by Crippen LogP contribution is 2.37. The number of pyridine rings is 2. The average Bonchev–Trinajstić information content (AvgIpc) is 3.46. The molecule has 3 aromatic heterocycles. The molecule has 34 heavy (non-hydrogen) atoms. The summed E-state index contributed by atoms with van der Waals surface area (Å²) in [5.74, 6) is -0.828. The van der Waals surface area contributed by atoms with E-state index in [0.717, 1.165) is 36.2 Å². The number of carbonyl (C=O) groups excluding carboxylic acids is 2. The summed E-state index contributed by atoms with van der Waals surface area (Å²) in [6, 6.07) is 4.40. The van der Waals surface area contributed by atoms with Crippen LogP contribution in [0.15, 0.2) is 36.8 Å². The van der Waals surface area contributed by atoms with Gasteiger partial charge in [-0.25, -0.2) is 4.98 Å². The van der Waals surface area contributed by atoms with Gasteiger partial charge < -0.3 is 9.80 Å². The van der Waals surface area contributed by atoms with Gasteiger partial charge in [0.05, 0.1) is 5.56 Å². The second-order valence-corrected chi connectivity index (χ2v) is 8.94. The molecule has 1 aliphatic heterocycles. The van der Waals surface area contributed by atoms with Crippen LogP contribution in [0.5, 0.6) is 0 Å². The van der Waals surface area contributed by atoms with Gasteiger partial charge in [0.2, 0.25) is 5.91 Å². The van der Waals surface area contributed by atoms with Gasteiger partial charge in [-0.05, 0) is 25.0 Å². The van der Waals surface area contributed by atoms with Gasteiger partial charge in [-0.2, -0.15) is 13.2 Å². The minimum atomic E-state index is -4.72. The van der Waals surface area contributed by atoms with Crippen molar-refractivity contribution in [3.8, 4) is 11.1 Å². The summed E-state index contributed by atoms with van der Waals surface area (Å²) in [7, 11) is 0. The first-order valence-corrected chi connectivity index (χ1v) is 11.4. The third-order valence-electron chi connectivity index (χ3n) is 6.47. The van der Waals surface area contributed by atoms with Crippen LogP contribution in [0.3, 0.4) is 0 Å². The van der Waals surface area contributed by atoms with E-state index in [-0.39, 0.29) is 41.4 Å². The second kappa shape index (κ2) is 8.57. The highest BCUT2D eigenvalue weighted by molar-refractivity contribution is 6.33. The van der Waals surface area contributed by atoms with Crippen LogP contribution in [0.1, 0.15) is 41.7 Å². The monoisotopic (exact) mass is 491 g/mol. The van der Waals surface area contributed by atoms with Crippen molar-refractivity contribution in [1.82, 2.24) is 24.2 Å². The Bertz CT molecular complexity index is 1250. The van der Waals surface area contributed by atoms with Crippen molar-refractivity contribution in [2.24, 2.45) is 0 Å². The van der Waals surface area contributed by atoms with E-state index in [4.69, 9.17) is 11.6 Å². The molecule has 1 saturated carbocycles. The lowest BCUT2D eigenvalue weighted by Crippen LogP contribution is -2.55. The molecule has 0 radical (unpaired) electrons. The van der Waals surface area contributed by atoms with Crippen molar-refractivity contribution in [2.45, 2.75) is 37.9 Å². The van der Waals surface area contributed by atoms with Gasteiger partial charge in [-0.1, -0.05) is 30.5 Å². The van der Waals surface area contributed by atoms with E-state index in [2.05, 4.69) is 9.97 Å². The summed E-state index contributed by atoms with van der Waals surface area (Å²) in [5.41, 5.74) is -1.10. The molecule has 2 aliphatic rings. The molecule has 0 atom stereocenters. The number of rotatable bonds is 3. The lowest BCUT2D eigenvalue weighted by molar-refractivity contribution is -0.137. The van der Waals surface area contributed by atoms with Crippen LogP contribution < -0.4 is 0 Å². The average molecular weight is 492 g/mol. The predicted molar refractivity (Wildman–Crippen MR) is 118 cm³/mol. The van der Waals surface area contributed by atoms with Gasteiger partial charge in [0.15, 0.2) is 11.3 Å². The summed E-state index contributed by atoms with van der Waals surface area (Å²) < 4.78 is 42.8. The van der Waals surface area contributed by atoms with Crippen molar-refractivity contribution in [3.63, 3.8) is 0 Å². The lowest BCUT2D eigenvalue weighted by atomic mass is 10.1. The van der Waals surface area contributed by atoms with E-state index in [1.165, 1.54) is 23.5 Å². The van der Waals surface area contributed by atoms with Crippen molar-refractivity contribution < 1.29 is 22.8 Å². The minimum absolute atomic E-state index is 0.146. The zero-order valence-corrected chi connectivity index (χ0v) is 18.8. The third kappa shape index (κ3) is 4.00. The molecular weight excluding hydrogens is 471 g/mol. The number of alkyl halides is 3. The minimum Gasteiger partial charge on any atom is -0.336 e. The van der Waals surface area contributed by atoms with Gasteiger partial charge in [0.1, 0.15) is 11.7 Å². The molecule has 178 valence electrons. The fourth-order valence-corrected chi connectivity index (χ4v) is 5.02. The van der Waals surface area contributed by atoms with Crippen molar-refractivity contribution in [3.05, 3.63) is 53.2 Å². The molecule has 2 fully saturated rings. The quantitative estimate of drug-likeness (QED) is 0.548. The van der Waals surface area contributed by atoms with E-state index >= 15 is 0 Å². The normalized spacial score (nSPS) is 17.7. The number of carbonyl (C=O) groups is 2. The summed E-state index contributed by atoms with van der Waals surface area (Å²) in [4.78, 5) is 36.9. The van der Waals surface area contributed by atoms with Gasteiger partial charge in [-0.3, -0.25) is 19.0 Å². The fourth-order valence-electron chi connectivity index (χ4n) is 4.76. The Morgan fingerprint density at radius 3 is 2.56 bits per heavy atom. The number of aromatic nitrogens is 3. The largest absolute Gasteiger partial charge is 0.420 e. The molecule has 0 N–H and O–H groups in total. The highest BCUT2D eigenvalue weighted by Gasteiger charge is 2.38. The number of fused-ring (bicyclic) bond motifs is 1. The summed E-state index contributed by atoms with van der Waals surface area (Å²) >= 11 is 6.40. The molecule has 0 unspecified atom stereocenters. The van der Waals surface area contributed by atoms with Gasteiger partial charge in [-0.15, -0.1) is 0 Å². The van der Waals surface area contributed by atoms with Gasteiger partial charge in [0.25, 0.3) is 5.91 Å². The number of halogens is 4. The van der Waals surface area contributed by atoms with Crippen LogP contribution in [-0.2, 0) is 11.0 Å². The Morgan fingerprint density at radius 2 is 1.91 bits per heavy atom. The van der Waals surface area contributed by atoms with E-state index in [1.807, 2.05) is 4.90 Å². The van der Waals surface area contributed by atoms with Crippen molar-refractivity contribution in [1.29, 1.82) is 0 Å². The Morgan fingerprint density at radius 1 is 1.15 bits per heavy atom. The molecular formula is C23H21ClF3N5O2. The van der Waals surface area contributed by atoms with Crippen LogP contribution in [0, 0.1) is 0 Å². The zero-order chi connectivity index (χ0) is 24.0. The Hall–Kier alpha value is -3.14. The number of piperazine rings is 1. The van der Waals surface area contributed by atoms with Crippen LogP contribution in [0.25, 0.3) is 16.8 Å². The molecule has 5 rings (SSSR count). The number of nitrogens with zero attached hydrogens (tertiary/aromatic N) is 5. The molecule has 7 nitrogen and oxygen atoms in total. The Labute approximate surface area is 198 Å². The number of hydrogen-bond donors (Lipinski definition) is 0. The topological polar surface area (TPSA) is 70.8 Å². The van der Waals surface area contributed by atoms with Gasteiger partial charge in [0, 0.05) is 48.8 Å². The summed E-state index contributed by atoms with van der Waals surface area (Å²) in [6.07, 6.45) is 3.70. The maximum atomic E-state index is 13.9. The maximum absolute atomic E-state index is 13.9. The molecule has 0 spiro atoms. The number of imidazole rings is 1. The van der Waals surface area contributed by atoms with Crippen LogP contribution in [0.2, 0.25) is 5.15 Å². The number of hydrogen-bond acceptors (Lipinski definition) is 4. The molecule has 1 saturated heterocycles. The summed E-state index contributed by atoms with van der Waals surface area (Å²) in [5, 5.41) is -0.234. The summed E-state index contributed by atoms with van der Waals surface area (Å²) in [6.45, 7) is 0.518. The highest BCUT2D eigenvalue weighted by atomic mass is 35.5. The van der Waals surface area contributed by atoms with E-state index in [0.29, 0.717) is 12.1 Å². The lowest BCUT2D eigenvalue weighted by Gasteiger charge is -2.37. The van der Waals surface area contributed by atoms with Gasteiger partial charge >= 0.3 is 6.18 Å². The van der Waals surface area contributed by atoms with Crippen LogP contribution in [0.4, 0.5) is 13.2 Å². The molecule has 2 amide bonds. The molecule has 11 heteroatoms. The first kappa shape index (κ1) is 22.6. The zero-order valence-electron chi connectivity index (χ0n) is 18.1. The van der Waals surface area contributed by atoms with Crippen LogP contribution in [-0.4, -0.2) is 61.7 Å². The standard InChI is InChI=1S/C23H21ClF3N5O2/c24-20-19(22(34)30-8-9-31(18(33)13-30)16-5-1-2-6-16)29-21-17(23(25,26)27)10-15(12-32(20)21)14-4-3-7-28-11-14/h3-4,7,10-12,16H,1-2,5-6,8-9,13H2. The molecule has 4 heterocycles. The van der Waals surface area contributed by atoms with E-state index in [1.54, 1.807) is 12.1 Å². The third-order valence-corrected chi connectivity index (χ3v) is 6.84. The molecule has 1 aliphatic carbocycles. The van der Waals surface area contributed by atoms with Crippen molar-refractivity contribution in [2.75, 3.05) is 19.6 Å². The first-order valence-electron chi connectivity index (χ1n) is 11.0. The van der Waals surface area contributed by atoms with Crippen molar-refractivity contribution >= 4 is 29.1 Å². The predicted octanol–water partition coefficient (Wildman–Crippen LogP) is 4.30. The smallest absolute Gasteiger partial charge is 0.336 e. The molecule has 3 aromatic rings. The first-order chi connectivity index (χ1) is 16.2. The van der Waals surface area contributed by atoms with E-state index < -0.39 is 23.3 Å². The number of amides is 2. The van der Waals surface area contributed by atoms with Crippen LogP contribution >= 0.6 is 11.6 Å². The Balaban J connectivity index is 1.50. The molecule has 0 bridgehead atoms. The maximum Gasteiger partial charge on any atom is 0.420 e. The Kier molecular flexibility index (Phi) is 5.71. The van der Waals surface area contributed by atoms with E-state index in [9.17, 15) is 22.8 Å². The fraction of sp³-hybridized carbons (Fsp3) is 0.391.